The molecule has 5 nitrogen and oxygen atoms in total. The lowest BCUT2D eigenvalue weighted by Gasteiger charge is -2.18. The van der Waals surface area contributed by atoms with Crippen molar-refractivity contribution in [3.63, 3.8) is 0 Å². The summed E-state index contributed by atoms with van der Waals surface area (Å²) in [4.78, 5) is 11.4. The van der Waals surface area contributed by atoms with Gasteiger partial charge < -0.3 is 19.9 Å². The van der Waals surface area contributed by atoms with Crippen LogP contribution >= 0.6 is 0 Å². The topological polar surface area (TPSA) is 70.8 Å². The van der Waals surface area contributed by atoms with E-state index in [9.17, 15) is 4.79 Å². The summed E-state index contributed by atoms with van der Waals surface area (Å²) >= 11 is 0. The van der Waals surface area contributed by atoms with Crippen molar-refractivity contribution in [2.75, 3.05) is 20.8 Å². The van der Waals surface area contributed by atoms with Gasteiger partial charge in [-0.1, -0.05) is 6.07 Å². The molecule has 5 heteroatoms. The highest BCUT2D eigenvalue weighted by molar-refractivity contribution is 5.71. The van der Waals surface area contributed by atoms with Crippen molar-refractivity contribution < 1.29 is 19.0 Å². The maximum atomic E-state index is 11.4. The Labute approximate surface area is 107 Å². The van der Waals surface area contributed by atoms with E-state index in [4.69, 9.17) is 19.9 Å². The number of carbonyl (C=O) groups is 1. The van der Waals surface area contributed by atoms with E-state index in [1.54, 1.807) is 39.3 Å². The van der Waals surface area contributed by atoms with Crippen LogP contribution in [0.5, 0.6) is 11.5 Å². The van der Waals surface area contributed by atoms with Crippen LogP contribution < -0.4 is 15.2 Å². The third kappa shape index (κ3) is 3.37. The number of carbonyl (C=O) groups excluding carboxylic acids is 1. The molecule has 1 atom stereocenters. The van der Waals surface area contributed by atoms with E-state index in [0.29, 0.717) is 23.7 Å². The van der Waals surface area contributed by atoms with E-state index in [1.807, 2.05) is 0 Å². The van der Waals surface area contributed by atoms with Gasteiger partial charge in [-0.3, -0.25) is 4.79 Å². The molecule has 0 amide bonds. The molecule has 0 saturated carbocycles. The molecule has 2 N–H and O–H groups in total. The predicted molar refractivity (Wildman–Crippen MR) is 67.7 cm³/mol. The molecule has 0 spiro atoms. The Morgan fingerprint density at radius 3 is 2.28 bits per heavy atom. The van der Waals surface area contributed by atoms with Gasteiger partial charge >= 0.3 is 5.97 Å². The Morgan fingerprint density at radius 1 is 1.28 bits per heavy atom. The number of rotatable bonds is 6. The molecule has 1 rings (SSSR count). The van der Waals surface area contributed by atoms with E-state index in [1.165, 1.54) is 0 Å². The first-order chi connectivity index (χ1) is 8.63. The van der Waals surface area contributed by atoms with Crippen molar-refractivity contribution in [2.24, 2.45) is 5.73 Å². The van der Waals surface area contributed by atoms with Crippen molar-refractivity contribution in [2.45, 2.75) is 19.4 Å². The SMILES string of the molecule is CCOC(=O)C[C@@H](N)c1c(OC)cccc1OC. The van der Waals surface area contributed by atoms with Crippen LogP contribution in [0.25, 0.3) is 0 Å². The zero-order valence-electron chi connectivity index (χ0n) is 10.9. The average molecular weight is 253 g/mol. The van der Waals surface area contributed by atoms with E-state index in [2.05, 4.69) is 0 Å². The number of methoxy groups -OCH3 is 2. The summed E-state index contributed by atoms with van der Waals surface area (Å²) in [6.07, 6.45) is 0.0879. The number of hydrogen-bond donors (Lipinski definition) is 1. The number of benzene rings is 1. The number of ether oxygens (including phenoxy) is 3. The van der Waals surface area contributed by atoms with Gasteiger partial charge in [0.25, 0.3) is 0 Å². The second kappa shape index (κ2) is 6.86. The third-order valence-corrected chi connectivity index (χ3v) is 2.53. The van der Waals surface area contributed by atoms with Gasteiger partial charge in [0, 0.05) is 6.04 Å². The van der Waals surface area contributed by atoms with Gasteiger partial charge in [-0.15, -0.1) is 0 Å². The molecule has 0 aromatic heterocycles. The minimum absolute atomic E-state index is 0.0879. The summed E-state index contributed by atoms with van der Waals surface area (Å²) in [5.41, 5.74) is 6.69. The molecular formula is C13H19NO4. The lowest BCUT2D eigenvalue weighted by molar-refractivity contribution is -0.143. The molecule has 0 unspecified atom stereocenters. The summed E-state index contributed by atoms with van der Waals surface area (Å²) in [5, 5.41) is 0. The Kier molecular flexibility index (Phi) is 5.45. The lowest BCUT2D eigenvalue weighted by Crippen LogP contribution is -2.18. The van der Waals surface area contributed by atoms with Crippen LogP contribution in [-0.2, 0) is 9.53 Å². The fourth-order valence-corrected chi connectivity index (χ4v) is 1.75. The second-order valence-corrected chi connectivity index (χ2v) is 3.69. The maximum Gasteiger partial charge on any atom is 0.307 e. The molecule has 0 radical (unpaired) electrons. The van der Waals surface area contributed by atoms with E-state index in [0.717, 1.165) is 0 Å². The Morgan fingerprint density at radius 2 is 1.83 bits per heavy atom. The quantitative estimate of drug-likeness (QED) is 0.781. The normalized spacial score (nSPS) is 11.8. The smallest absolute Gasteiger partial charge is 0.307 e. The van der Waals surface area contributed by atoms with Gasteiger partial charge in [-0.05, 0) is 19.1 Å². The number of hydrogen-bond acceptors (Lipinski definition) is 5. The molecule has 0 bridgehead atoms. The Hall–Kier alpha value is -1.75. The van der Waals surface area contributed by atoms with Gasteiger partial charge in [0.2, 0.25) is 0 Å². The van der Waals surface area contributed by atoms with Gasteiger partial charge in [0.1, 0.15) is 11.5 Å². The molecule has 0 aliphatic heterocycles. The molecule has 0 aliphatic rings. The van der Waals surface area contributed by atoms with Gasteiger partial charge in [-0.25, -0.2) is 0 Å². The average Bonchev–Trinajstić information content (AvgIpc) is 2.37. The predicted octanol–water partition coefficient (Wildman–Crippen LogP) is 1.66. The fraction of sp³-hybridized carbons (Fsp3) is 0.462. The summed E-state index contributed by atoms with van der Waals surface area (Å²) in [5.74, 6) is 0.871. The number of esters is 1. The highest BCUT2D eigenvalue weighted by Crippen LogP contribution is 2.34. The van der Waals surface area contributed by atoms with Crippen molar-refractivity contribution >= 4 is 5.97 Å². The van der Waals surface area contributed by atoms with Crippen molar-refractivity contribution in [3.8, 4) is 11.5 Å². The van der Waals surface area contributed by atoms with Crippen LogP contribution in [0.1, 0.15) is 24.9 Å². The standard InChI is InChI=1S/C13H19NO4/c1-4-18-12(15)8-9(14)13-10(16-2)6-5-7-11(13)17-3/h5-7,9H,4,8,14H2,1-3H3/t9-/m1/s1. The van der Waals surface area contributed by atoms with Crippen molar-refractivity contribution in [3.05, 3.63) is 23.8 Å². The highest BCUT2D eigenvalue weighted by atomic mass is 16.5. The summed E-state index contributed by atoms with van der Waals surface area (Å²) < 4.78 is 15.4. The van der Waals surface area contributed by atoms with Crippen LogP contribution in [0, 0.1) is 0 Å². The maximum absolute atomic E-state index is 11.4. The van der Waals surface area contributed by atoms with Crippen LogP contribution in [0.2, 0.25) is 0 Å². The molecule has 100 valence electrons. The van der Waals surface area contributed by atoms with Crippen LogP contribution in [-0.4, -0.2) is 26.8 Å². The molecule has 1 aromatic rings. The van der Waals surface area contributed by atoms with Gasteiger partial charge in [-0.2, -0.15) is 0 Å². The zero-order valence-corrected chi connectivity index (χ0v) is 10.9. The van der Waals surface area contributed by atoms with Crippen LogP contribution in [0.4, 0.5) is 0 Å². The van der Waals surface area contributed by atoms with Gasteiger partial charge in [0.05, 0.1) is 32.8 Å². The first-order valence-corrected chi connectivity index (χ1v) is 5.76. The molecule has 18 heavy (non-hydrogen) atoms. The number of nitrogens with two attached hydrogens (primary N) is 1. The van der Waals surface area contributed by atoms with Crippen molar-refractivity contribution in [1.82, 2.24) is 0 Å². The molecule has 0 heterocycles. The summed E-state index contributed by atoms with van der Waals surface area (Å²) in [7, 11) is 3.10. The van der Waals surface area contributed by atoms with E-state index < -0.39 is 6.04 Å². The van der Waals surface area contributed by atoms with E-state index >= 15 is 0 Å². The molecule has 0 aliphatic carbocycles. The summed E-state index contributed by atoms with van der Waals surface area (Å²) in [6.45, 7) is 2.10. The minimum atomic E-state index is -0.518. The lowest BCUT2D eigenvalue weighted by atomic mass is 10.0. The largest absolute Gasteiger partial charge is 0.496 e. The van der Waals surface area contributed by atoms with E-state index in [-0.39, 0.29) is 12.4 Å². The van der Waals surface area contributed by atoms with Gasteiger partial charge in [0.15, 0.2) is 0 Å². The Bertz CT molecular complexity index is 384. The first-order valence-electron chi connectivity index (χ1n) is 5.76. The van der Waals surface area contributed by atoms with Crippen LogP contribution in [0.15, 0.2) is 18.2 Å². The molecular weight excluding hydrogens is 234 g/mol. The fourth-order valence-electron chi connectivity index (χ4n) is 1.75. The minimum Gasteiger partial charge on any atom is -0.496 e. The molecule has 0 fully saturated rings. The first kappa shape index (κ1) is 14.3. The third-order valence-electron chi connectivity index (χ3n) is 2.53. The highest BCUT2D eigenvalue weighted by Gasteiger charge is 2.20. The molecule has 0 saturated heterocycles. The Balaban J connectivity index is 2.95. The summed E-state index contributed by atoms with van der Waals surface area (Å²) in [6, 6.07) is 4.85. The van der Waals surface area contributed by atoms with Crippen LogP contribution in [0.3, 0.4) is 0 Å². The second-order valence-electron chi connectivity index (χ2n) is 3.69. The monoisotopic (exact) mass is 253 g/mol. The van der Waals surface area contributed by atoms with Crippen molar-refractivity contribution in [1.29, 1.82) is 0 Å². The zero-order chi connectivity index (χ0) is 13.5. The molecule has 1 aromatic carbocycles.